The number of nitrogens with zero attached hydrogens (tertiary/aromatic N) is 4. The molecule has 8 nitrogen and oxygen atoms in total. The standard InChI is InChI=1S/C19H24N4O4/c1-6-8-15(22(18(24)25)19(2,3)4)13-9-7-10-14(11-13)17-16(23(26)27)12-20-21(17)5/h6-7,9-12,15H,1,8H2,2-5H3,(H,24,25)/t15-/m0/s1/i5D3. The van der Waals surface area contributed by atoms with Gasteiger partial charge < -0.3 is 5.11 Å². The summed E-state index contributed by atoms with van der Waals surface area (Å²) in [6.45, 7) is 6.26. The molecule has 1 aromatic carbocycles. The first-order valence-electron chi connectivity index (χ1n) is 9.75. The van der Waals surface area contributed by atoms with Crippen molar-refractivity contribution in [3.63, 3.8) is 0 Å². The molecule has 0 saturated heterocycles. The van der Waals surface area contributed by atoms with Crippen molar-refractivity contribution in [1.29, 1.82) is 0 Å². The lowest BCUT2D eigenvalue weighted by atomic mass is 9.94. The summed E-state index contributed by atoms with van der Waals surface area (Å²) in [7, 11) is 0. The maximum Gasteiger partial charge on any atom is 0.408 e. The summed E-state index contributed by atoms with van der Waals surface area (Å²) in [5, 5.41) is 24.9. The number of nitro groups is 1. The van der Waals surface area contributed by atoms with Crippen LogP contribution in [0.4, 0.5) is 10.5 Å². The second-order valence-corrected chi connectivity index (χ2v) is 7.04. The Kier molecular flexibility index (Phi) is 4.52. The molecule has 0 bridgehead atoms. The van der Waals surface area contributed by atoms with Gasteiger partial charge in [-0.05, 0) is 38.8 Å². The minimum Gasteiger partial charge on any atom is -0.465 e. The fraction of sp³-hybridized carbons (Fsp3) is 0.368. The van der Waals surface area contributed by atoms with E-state index in [9.17, 15) is 20.0 Å². The number of hydrogen-bond donors (Lipinski definition) is 1. The second-order valence-electron chi connectivity index (χ2n) is 7.04. The number of carboxylic acid groups (broad SMARTS) is 1. The van der Waals surface area contributed by atoms with Crippen molar-refractivity contribution in [3.05, 3.63) is 58.8 Å². The minimum absolute atomic E-state index is 0.170. The van der Waals surface area contributed by atoms with Crippen molar-refractivity contribution in [1.82, 2.24) is 14.7 Å². The Hall–Kier alpha value is -3.16. The molecule has 0 unspecified atom stereocenters. The Labute approximate surface area is 162 Å². The molecule has 1 heterocycles. The van der Waals surface area contributed by atoms with Crippen molar-refractivity contribution in [3.8, 4) is 11.3 Å². The second kappa shape index (κ2) is 7.61. The summed E-state index contributed by atoms with van der Waals surface area (Å²) in [5.41, 5.74) is -0.549. The SMILES string of the molecule is [2H]C([2H])([2H])n1ncc([N+](=O)[O-])c1-c1cccc([C@H](CC=C)N(C(=O)O)C(C)(C)C)c1. The molecule has 1 atom stereocenters. The monoisotopic (exact) mass is 375 g/mol. The molecule has 0 spiro atoms. The topological polar surface area (TPSA) is 101 Å². The van der Waals surface area contributed by atoms with Crippen LogP contribution in [-0.4, -0.2) is 36.3 Å². The van der Waals surface area contributed by atoms with Gasteiger partial charge in [0.05, 0.1) is 11.0 Å². The molecule has 1 aromatic heterocycles. The summed E-state index contributed by atoms with van der Waals surface area (Å²) in [5.74, 6) is 0. The molecular formula is C19H24N4O4. The number of amides is 1. The van der Waals surface area contributed by atoms with Gasteiger partial charge in [-0.1, -0.05) is 24.3 Å². The first-order chi connectivity index (χ1) is 13.8. The van der Waals surface area contributed by atoms with Gasteiger partial charge >= 0.3 is 11.8 Å². The number of benzene rings is 1. The van der Waals surface area contributed by atoms with E-state index in [0.29, 0.717) is 16.7 Å². The molecule has 0 radical (unpaired) electrons. The number of carbonyl (C=O) groups is 1. The predicted molar refractivity (Wildman–Crippen MR) is 102 cm³/mol. The highest BCUT2D eigenvalue weighted by atomic mass is 16.6. The molecule has 0 saturated carbocycles. The Balaban J connectivity index is 2.70. The van der Waals surface area contributed by atoms with E-state index in [1.54, 1.807) is 45.0 Å². The Morgan fingerprint density at radius 3 is 2.78 bits per heavy atom. The zero-order valence-corrected chi connectivity index (χ0v) is 15.4. The van der Waals surface area contributed by atoms with Crippen LogP contribution in [0, 0.1) is 10.1 Å². The third-order valence-corrected chi connectivity index (χ3v) is 4.12. The lowest BCUT2D eigenvalue weighted by molar-refractivity contribution is -0.384. The van der Waals surface area contributed by atoms with Gasteiger partial charge in [-0.3, -0.25) is 19.7 Å². The summed E-state index contributed by atoms with van der Waals surface area (Å²) >= 11 is 0. The average Bonchev–Trinajstić information content (AvgIpc) is 3.05. The van der Waals surface area contributed by atoms with Gasteiger partial charge in [0.15, 0.2) is 0 Å². The average molecular weight is 375 g/mol. The highest BCUT2D eigenvalue weighted by molar-refractivity contribution is 5.71. The molecule has 1 amide bonds. The summed E-state index contributed by atoms with van der Waals surface area (Å²) < 4.78 is 23.5. The Morgan fingerprint density at radius 2 is 2.26 bits per heavy atom. The van der Waals surface area contributed by atoms with Crippen LogP contribution in [0.1, 0.15) is 42.9 Å². The van der Waals surface area contributed by atoms with Crippen LogP contribution < -0.4 is 0 Å². The van der Waals surface area contributed by atoms with Crippen LogP contribution in [0.25, 0.3) is 11.3 Å². The summed E-state index contributed by atoms with van der Waals surface area (Å²) in [6, 6.07) is 5.76. The van der Waals surface area contributed by atoms with E-state index in [1.165, 1.54) is 11.0 Å². The van der Waals surface area contributed by atoms with E-state index < -0.39 is 35.3 Å². The van der Waals surface area contributed by atoms with E-state index in [1.807, 2.05) is 0 Å². The highest BCUT2D eigenvalue weighted by Crippen LogP contribution is 2.35. The van der Waals surface area contributed by atoms with Crippen LogP contribution in [-0.2, 0) is 6.98 Å². The molecule has 144 valence electrons. The molecule has 27 heavy (non-hydrogen) atoms. The summed E-state index contributed by atoms with van der Waals surface area (Å²) in [4.78, 5) is 24.0. The van der Waals surface area contributed by atoms with Crippen LogP contribution >= 0.6 is 0 Å². The molecule has 0 aliphatic heterocycles. The molecular weight excluding hydrogens is 348 g/mol. The third-order valence-electron chi connectivity index (χ3n) is 4.12. The van der Waals surface area contributed by atoms with Crippen molar-refractivity contribution < 1.29 is 18.9 Å². The van der Waals surface area contributed by atoms with Gasteiger partial charge in [0, 0.05) is 22.2 Å². The Morgan fingerprint density at radius 1 is 1.56 bits per heavy atom. The lowest BCUT2D eigenvalue weighted by Gasteiger charge is -2.39. The van der Waals surface area contributed by atoms with E-state index in [0.717, 1.165) is 6.20 Å². The predicted octanol–water partition coefficient (Wildman–Crippen LogP) is 4.39. The molecule has 0 fully saturated rings. The highest BCUT2D eigenvalue weighted by Gasteiger charge is 2.34. The molecule has 2 aromatic rings. The van der Waals surface area contributed by atoms with Crippen LogP contribution in [0.3, 0.4) is 0 Å². The van der Waals surface area contributed by atoms with E-state index in [-0.39, 0.29) is 11.3 Å². The third kappa shape index (κ3) is 4.16. The van der Waals surface area contributed by atoms with Crippen molar-refractivity contribution in [2.45, 2.75) is 38.8 Å². The van der Waals surface area contributed by atoms with E-state index in [2.05, 4.69) is 11.7 Å². The van der Waals surface area contributed by atoms with Gasteiger partial charge in [0.2, 0.25) is 0 Å². The first kappa shape index (κ1) is 16.0. The fourth-order valence-corrected chi connectivity index (χ4v) is 3.07. The number of aromatic nitrogens is 2. The molecule has 0 aliphatic carbocycles. The fourth-order valence-electron chi connectivity index (χ4n) is 3.07. The van der Waals surface area contributed by atoms with Crippen molar-refractivity contribution in [2.75, 3.05) is 0 Å². The minimum atomic E-state index is -2.72. The van der Waals surface area contributed by atoms with Crippen molar-refractivity contribution >= 4 is 11.8 Å². The molecule has 1 N–H and O–H groups in total. The zero-order chi connectivity index (χ0) is 22.9. The van der Waals surface area contributed by atoms with E-state index >= 15 is 0 Å². The maximum atomic E-state index is 12.0. The van der Waals surface area contributed by atoms with Crippen molar-refractivity contribution in [2.24, 2.45) is 6.98 Å². The van der Waals surface area contributed by atoms with Gasteiger partial charge in [-0.25, -0.2) is 4.79 Å². The van der Waals surface area contributed by atoms with Crippen LogP contribution in [0.2, 0.25) is 0 Å². The molecule has 0 aliphatic rings. The van der Waals surface area contributed by atoms with Gasteiger partial charge in [0.1, 0.15) is 11.9 Å². The quantitative estimate of drug-likeness (QED) is 0.458. The zero-order valence-electron chi connectivity index (χ0n) is 18.4. The maximum absolute atomic E-state index is 12.0. The smallest absolute Gasteiger partial charge is 0.408 e. The van der Waals surface area contributed by atoms with Gasteiger partial charge in [-0.2, -0.15) is 5.10 Å². The number of hydrogen-bond acceptors (Lipinski definition) is 4. The summed E-state index contributed by atoms with van der Waals surface area (Å²) in [6.07, 6.45) is 1.66. The molecule has 2 rings (SSSR count). The Bertz CT molecular complexity index is 963. The molecule has 8 heteroatoms. The first-order valence-corrected chi connectivity index (χ1v) is 8.25. The van der Waals surface area contributed by atoms with Crippen LogP contribution in [0.5, 0.6) is 0 Å². The number of rotatable bonds is 6. The van der Waals surface area contributed by atoms with Gasteiger partial charge in [-0.15, -0.1) is 6.58 Å². The lowest BCUT2D eigenvalue weighted by Crippen LogP contribution is -2.47. The van der Waals surface area contributed by atoms with Crippen LogP contribution in [0.15, 0.2) is 43.1 Å². The largest absolute Gasteiger partial charge is 0.465 e. The number of aryl methyl sites for hydroxylation is 1. The normalized spacial score (nSPS) is 14.6. The van der Waals surface area contributed by atoms with E-state index in [4.69, 9.17) is 4.11 Å². The van der Waals surface area contributed by atoms with Gasteiger partial charge in [0.25, 0.3) is 0 Å².